The number of anilines is 1. The Bertz CT molecular complexity index is 313. The standard InChI is InChI=1S/C7H5FN2O/c8-5-6-4(10-7(5)11)2-1-3-9-6/h1-3,5H,(H,10,11). The van der Waals surface area contributed by atoms with Crippen LogP contribution in [0.1, 0.15) is 11.9 Å². The zero-order valence-electron chi connectivity index (χ0n) is 5.54. The van der Waals surface area contributed by atoms with Gasteiger partial charge >= 0.3 is 0 Å². The van der Waals surface area contributed by atoms with Gasteiger partial charge in [0.2, 0.25) is 6.17 Å². The van der Waals surface area contributed by atoms with Crippen LogP contribution in [0.3, 0.4) is 0 Å². The van der Waals surface area contributed by atoms with Crippen molar-refractivity contribution >= 4 is 11.6 Å². The molecule has 2 heterocycles. The summed E-state index contributed by atoms with van der Waals surface area (Å²) in [6, 6.07) is 3.27. The third-order valence-corrected chi connectivity index (χ3v) is 1.57. The molecule has 1 N–H and O–H groups in total. The number of pyridine rings is 1. The molecule has 0 saturated heterocycles. The molecule has 1 amide bonds. The molecular weight excluding hydrogens is 147 g/mol. The summed E-state index contributed by atoms with van der Waals surface area (Å²) in [5, 5.41) is 2.37. The van der Waals surface area contributed by atoms with E-state index in [2.05, 4.69) is 10.3 Å². The van der Waals surface area contributed by atoms with Crippen LogP contribution in [0.2, 0.25) is 0 Å². The summed E-state index contributed by atoms with van der Waals surface area (Å²) in [5.41, 5.74) is 0.669. The zero-order chi connectivity index (χ0) is 7.84. The van der Waals surface area contributed by atoms with E-state index in [-0.39, 0.29) is 5.69 Å². The number of hydrogen-bond acceptors (Lipinski definition) is 2. The van der Waals surface area contributed by atoms with E-state index in [4.69, 9.17) is 0 Å². The predicted octanol–water partition coefficient (Wildman–Crippen LogP) is 1.04. The van der Waals surface area contributed by atoms with E-state index in [0.717, 1.165) is 0 Å². The predicted molar refractivity (Wildman–Crippen MR) is 36.7 cm³/mol. The largest absolute Gasteiger partial charge is 0.321 e. The summed E-state index contributed by atoms with van der Waals surface area (Å²) in [7, 11) is 0. The highest BCUT2D eigenvalue weighted by Gasteiger charge is 2.31. The number of alkyl halides is 1. The molecule has 0 radical (unpaired) electrons. The van der Waals surface area contributed by atoms with Crippen molar-refractivity contribution < 1.29 is 9.18 Å². The van der Waals surface area contributed by atoms with E-state index < -0.39 is 12.1 Å². The monoisotopic (exact) mass is 152 g/mol. The van der Waals surface area contributed by atoms with Gasteiger partial charge in [0.1, 0.15) is 5.69 Å². The van der Waals surface area contributed by atoms with E-state index in [9.17, 15) is 9.18 Å². The average molecular weight is 152 g/mol. The third-order valence-electron chi connectivity index (χ3n) is 1.57. The van der Waals surface area contributed by atoms with E-state index in [1.54, 1.807) is 12.1 Å². The Kier molecular flexibility index (Phi) is 1.15. The van der Waals surface area contributed by atoms with Gasteiger partial charge in [-0.05, 0) is 12.1 Å². The molecule has 1 atom stereocenters. The van der Waals surface area contributed by atoms with Crippen LogP contribution in [0.25, 0.3) is 0 Å². The number of rotatable bonds is 0. The van der Waals surface area contributed by atoms with E-state index in [1.165, 1.54) is 6.20 Å². The second kappa shape index (κ2) is 2.02. The number of carbonyl (C=O) groups excluding carboxylic acids is 1. The maximum absolute atomic E-state index is 12.8. The van der Waals surface area contributed by atoms with Gasteiger partial charge in [-0.25, -0.2) is 4.39 Å². The van der Waals surface area contributed by atoms with Crippen LogP contribution in [-0.2, 0) is 4.79 Å². The second-order valence-corrected chi connectivity index (χ2v) is 2.29. The highest BCUT2D eigenvalue weighted by Crippen LogP contribution is 2.30. The van der Waals surface area contributed by atoms with Crippen LogP contribution in [0, 0.1) is 0 Å². The quantitative estimate of drug-likeness (QED) is 0.603. The van der Waals surface area contributed by atoms with Gasteiger partial charge in [0.05, 0.1) is 5.69 Å². The van der Waals surface area contributed by atoms with E-state index >= 15 is 0 Å². The van der Waals surface area contributed by atoms with Crippen molar-refractivity contribution in [1.29, 1.82) is 0 Å². The Morgan fingerprint density at radius 3 is 3.18 bits per heavy atom. The van der Waals surface area contributed by atoms with Gasteiger partial charge in [-0.3, -0.25) is 9.78 Å². The number of halogens is 1. The lowest BCUT2D eigenvalue weighted by molar-refractivity contribution is -0.120. The van der Waals surface area contributed by atoms with Crippen molar-refractivity contribution in [2.24, 2.45) is 0 Å². The summed E-state index contributed by atoms with van der Waals surface area (Å²) in [5.74, 6) is -0.626. The summed E-state index contributed by atoms with van der Waals surface area (Å²) in [6.07, 6.45) is -0.128. The average Bonchev–Trinajstić information content (AvgIpc) is 2.30. The first-order valence-corrected chi connectivity index (χ1v) is 3.19. The first-order valence-electron chi connectivity index (χ1n) is 3.19. The first-order chi connectivity index (χ1) is 5.29. The van der Waals surface area contributed by atoms with Crippen molar-refractivity contribution in [1.82, 2.24) is 4.98 Å². The minimum atomic E-state index is -1.59. The van der Waals surface area contributed by atoms with Crippen molar-refractivity contribution in [2.75, 3.05) is 5.32 Å². The smallest absolute Gasteiger partial charge is 0.265 e. The molecule has 0 aliphatic carbocycles. The van der Waals surface area contributed by atoms with E-state index in [1.807, 2.05) is 0 Å². The summed E-state index contributed by atoms with van der Waals surface area (Å²) in [4.78, 5) is 14.4. The van der Waals surface area contributed by atoms with Crippen molar-refractivity contribution in [3.63, 3.8) is 0 Å². The Balaban J connectivity index is 2.55. The van der Waals surface area contributed by atoms with E-state index in [0.29, 0.717) is 5.69 Å². The highest BCUT2D eigenvalue weighted by atomic mass is 19.1. The van der Waals surface area contributed by atoms with Crippen LogP contribution in [0.15, 0.2) is 18.3 Å². The summed E-state index contributed by atoms with van der Waals surface area (Å²) >= 11 is 0. The van der Waals surface area contributed by atoms with Crippen LogP contribution in [0.5, 0.6) is 0 Å². The maximum Gasteiger partial charge on any atom is 0.265 e. The fourth-order valence-corrected chi connectivity index (χ4v) is 1.05. The van der Waals surface area contributed by atoms with Gasteiger partial charge in [0.15, 0.2) is 0 Å². The molecular formula is C7H5FN2O. The van der Waals surface area contributed by atoms with Crippen LogP contribution >= 0.6 is 0 Å². The normalized spacial score (nSPS) is 21.2. The summed E-state index contributed by atoms with van der Waals surface area (Å²) in [6.45, 7) is 0. The highest BCUT2D eigenvalue weighted by molar-refractivity contribution is 6.00. The molecule has 0 aromatic carbocycles. The third kappa shape index (κ3) is 0.790. The molecule has 11 heavy (non-hydrogen) atoms. The molecule has 1 aliphatic rings. The molecule has 3 nitrogen and oxygen atoms in total. The molecule has 1 aromatic rings. The van der Waals surface area contributed by atoms with Crippen molar-refractivity contribution in [3.8, 4) is 0 Å². The number of aromatic nitrogens is 1. The molecule has 1 aromatic heterocycles. The zero-order valence-corrected chi connectivity index (χ0v) is 5.54. The van der Waals surface area contributed by atoms with Gasteiger partial charge in [-0.1, -0.05) is 0 Å². The molecule has 0 spiro atoms. The van der Waals surface area contributed by atoms with Crippen LogP contribution in [0.4, 0.5) is 10.1 Å². The Labute approximate surface area is 62.3 Å². The lowest BCUT2D eigenvalue weighted by Gasteiger charge is -1.93. The molecule has 4 heteroatoms. The number of carbonyl (C=O) groups is 1. The number of hydrogen-bond donors (Lipinski definition) is 1. The Morgan fingerprint density at radius 1 is 1.64 bits per heavy atom. The first kappa shape index (κ1) is 6.27. The molecule has 0 saturated carbocycles. The fraction of sp³-hybridized carbons (Fsp3) is 0.143. The summed E-state index contributed by atoms with van der Waals surface area (Å²) < 4.78 is 12.8. The SMILES string of the molecule is O=C1Nc2cccnc2C1F. The molecule has 0 bridgehead atoms. The molecule has 1 unspecified atom stereocenters. The van der Waals surface area contributed by atoms with Gasteiger partial charge in [0.25, 0.3) is 5.91 Å². The fourth-order valence-electron chi connectivity index (χ4n) is 1.05. The van der Waals surface area contributed by atoms with Gasteiger partial charge in [-0.15, -0.1) is 0 Å². The maximum atomic E-state index is 12.8. The van der Waals surface area contributed by atoms with Crippen LogP contribution in [-0.4, -0.2) is 10.9 Å². The molecule has 56 valence electrons. The van der Waals surface area contributed by atoms with Crippen LogP contribution < -0.4 is 5.32 Å². The lowest BCUT2D eigenvalue weighted by Crippen LogP contribution is -2.07. The Morgan fingerprint density at radius 2 is 2.45 bits per heavy atom. The molecule has 2 rings (SSSR count). The minimum Gasteiger partial charge on any atom is -0.321 e. The molecule has 1 aliphatic heterocycles. The minimum absolute atomic E-state index is 0.192. The van der Waals surface area contributed by atoms with Crippen molar-refractivity contribution in [2.45, 2.75) is 6.17 Å². The van der Waals surface area contributed by atoms with Gasteiger partial charge < -0.3 is 5.32 Å². The Hall–Kier alpha value is -1.45. The van der Waals surface area contributed by atoms with Crippen molar-refractivity contribution in [3.05, 3.63) is 24.0 Å². The number of nitrogens with one attached hydrogen (secondary N) is 1. The lowest BCUT2D eigenvalue weighted by atomic mass is 10.3. The van der Waals surface area contributed by atoms with Gasteiger partial charge in [0, 0.05) is 6.20 Å². The topological polar surface area (TPSA) is 42.0 Å². The number of amides is 1. The number of fused-ring (bicyclic) bond motifs is 1. The second-order valence-electron chi connectivity index (χ2n) is 2.29. The molecule has 0 fully saturated rings. The number of nitrogens with zero attached hydrogens (tertiary/aromatic N) is 1. The van der Waals surface area contributed by atoms with Gasteiger partial charge in [-0.2, -0.15) is 0 Å².